The Bertz CT molecular complexity index is 780. The van der Waals surface area contributed by atoms with Gasteiger partial charge in [0, 0.05) is 20.3 Å². The van der Waals surface area contributed by atoms with E-state index in [9.17, 15) is 4.39 Å². The van der Waals surface area contributed by atoms with Crippen molar-refractivity contribution in [3.63, 3.8) is 0 Å². The van der Waals surface area contributed by atoms with Gasteiger partial charge in [-0.05, 0) is 59.0 Å². The van der Waals surface area contributed by atoms with Gasteiger partial charge in [0.2, 0.25) is 0 Å². The first-order chi connectivity index (χ1) is 10.1. The maximum Gasteiger partial charge on any atom is 0.134 e. The van der Waals surface area contributed by atoms with Crippen molar-refractivity contribution in [1.82, 2.24) is 5.32 Å². The van der Waals surface area contributed by atoms with Gasteiger partial charge in [-0.3, -0.25) is 0 Å². The van der Waals surface area contributed by atoms with Crippen LogP contribution in [-0.4, -0.2) is 6.54 Å². The first kappa shape index (κ1) is 14.8. The highest BCUT2D eigenvalue weighted by Gasteiger charge is 2.24. The van der Waals surface area contributed by atoms with Gasteiger partial charge in [-0.2, -0.15) is 0 Å². The van der Waals surface area contributed by atoms with Gasteiger partial charge in [-0.15, -0.1) is 11.3 Å². The fourth-order valence-electron chi connectivity index (χ4n) is 2.51. The Morgan fingerprint density at radius 1 is 1.38 bits per heavy atom. The van der Waals surface area contributed by atoms with Crippen molar-refractivity contribution in [2.75, 3.05) is 6.54 Å². The van der Waals surface area contributed by atoms with E-state index in [0.717, 1.165) is 33.3 Å². The quantitative estimate of drug-likeness (QED) is 0.667. The van der Waals surface area contributed by atoms with Crippen molar-refractivity contribution in [2.24, 2.45) is 0 Å². The van der Waals surface area contributed by atoms with Crippen LogP contribution in [0.5, 0.6) is 0 Å². The average Bonchev–Trinajstić information content (AvgIpc) is 3.02. The number of hydrogen-bond acceptors (Lipinski definition) is 3. The number of furan rings is 1. The van der Waals surface area contributed by atoms with Gasteiger partial charge in [0.1, 0.15) is 23.2 Å². The Balaban J connectivity index is 2.16. The second kappa shape index (κ2) is 5.91. The molecule has 1 unspecified atom stereocenters. The lowest BCUT2D eigenvalue weighted by atomic mass is 10.1. The van der Waals surface area contributed by atoms with Crippen LogP contribution in [0.1, 0.15) is 29.2 Å². The lowest BCUT2D eigenvalue weighted by Crippen LogP contribution is -2.21. The minimum atomic E-state index is -0.241. The number of benzene rings is 1. The van der Waals surface area contributed by atoms with Crippen molar-refractivity contribution >= 4 is 38.2 Å². The van der Waals surface area contributed by atoms with E-state index in [2.05, 4.69) is 28.2 Å². The molecule has 2 heterocycles. The van der Waals surface area contributed by atoms with Crippen LogP contribution < -0.4 is 5.32 Å². The third-order valence-corrected chi connectivity index (χ3v) is 5.45. The third kappa shape index (κ3) is 2.65. The number of hydrogen-bond donors (Lipinski definition) is 1. The van der Waals surface area contributed by atoms with Crippen LogP contribution in [-0.2, 0) is 0 Å². The summed E-state index contributed by atoms with van der Waals surface area (Å²) in [7, 11) is 0. The molecule has 2 nitrogen and oxygen atoms in total. The van der Waals surface area contributed by atoms with E-state index in [1.165, 1.54) is 17.0 Å². The summed E-state index contributed by atoms with van der Waals surface area (Å²) in [6.07, 6.45) is 0. The molecule has 0 fully saturated rings. The number of halogens is 2. The van der Waals surface area contributed by atoms with E-state index >= 15 is 0 Å². The average molecular weight is 368 g/mol. The summed E-state index contributed by atoms with van der Waals surface area (Å²) in [6.45, 7) is 4.86. The molecule has 0 amide bonds. The van der Waals surface area contributed by atoms with Gasteiger partial charge in [0.15, 0.2) is 0 Å². The predicted octanol–water partition coefficient (Wildman–Crippen LogP) is 5.40. The molecule has 1 atom stereocenters. The molecule has 2 aromatic heterocycles. The maximum atomic E-state index is 13.4. The zero-order valence-corrected chi connectivity index (χ0v) is 14.1. The van der Waals surface area contributed by atoms with E-state index in [0.29, 0.717) is 0 Å². The van der Waals surface area contributed by atoms with Crippen LogP contribution in [0.3, 0.4) is 0 Å². The lowest BCUT2D eigenvalue weighted by molar-refractivity contribution is 0.476. The molecule has 0 spiro atoms. The number of rotatable bonds is 4. The molecule has 0 aliphatic heterocycles. The Labute approximate surface area is 135 Å². The van der Waals surface area contributed by atoms with Crippen LogP contribution >= 0.6 is 27.3 Å². The van der Waals surface area contributed by atoms with Crippen molar-refractivity contribution in [3.8, 4) is 0 Å². The highest BCUT2D eigenvalue weighted by Crippen LogP contribution is 2.38. The third-order valence-electron chi connectivity index (χ3n) is 3.51. The largest absolute Gasteiger partial charge is 0.459 e. The zero-order valence-electron chi connectivity index (χ0n) is 11.7. The predicted molar refractivity (Wildman–Crippen MR) is 88.4 cm³/mol. The summed E-state index contributed by atoms with van der Waals surface area (Å²) in [4.78, 5) is 1.17. The van der Waals surface area contributed by atoms with Gasteiger partial charge in [-0.25, -0.2) is 4.39 Å². The normalized spacial score (nSPS) is 13.0. The molecule has 1 aromatic carbocycles. The van der Waals surface area contributed by atoms with E-state index < -0.39 is 0 Å². The van der Waals surface area contributed by atoms with Crippen LogP contribution in [0.25, 0.3) is 11.0 Å². The summed E-state index contributed by atoms with van der Waals surface area (Å²) in [5.41, 5.74) is 1.70. The van der Waals surface area contributed by atoms with Crippen molar-refractivity contribution in [1.29, 1.82) is 0 Å². The number of aryl methyl sites for hydroxylation is 1. The molecule has 110 valence electrons. The first-order valence-electron chi connectivity index (χ1n) is 6.76. The van der Waals surface area contributed by atoms with E-state index in [1.54, 1.807) is 17.4 Å². The van der Waals surface area contributed by atoms with Crippen LogP contribution in [0.2, 0.25) is 0 Å². The number of fused-ring (bicyclic) bond motifs is 1. The van der Waals surface area contributed by atoms with Crippen LogP contribution in [0.15, 0.2) is 38.5 Å². The molecule has 3 rings (SSSR count). The molecule has 0 aliphatic rings. The highest BCUT2D eigenvalue weighted by molar-refractivity contribution is 9.10. The second-order valence-corrected chi connectivity index (χ2v) is 6.66. The molecule has 0 radical (unpaired) electrons. The van der Waals surface area contributed by atoms with Crippen molar-refractivity contribution in [2.45, 2.75) is 19.9 Å². The van der Waals surface area contributed by atoms with Crippen LogP contribution in [0, 0.1) is 12.7 Å². The number of thiophene rings is 1. The standard InChI is InChI=1S/C16H15BrFNOS/c1-3-19-14(16-12(17)6-7-21-16)15-9(2)11-8-10(18)4-5-13(11)20-15/h4-8,14,19H,3H2,1-2H3. The Kier molecular flexibility index (Phi) is 4.15. The SMILES string of the molecule is CCNC(c1oc2ccc(F)cc2c1C)c1sccc1Br. The minimum absolute atomic E-state index is 0.0279. The fourth-order valence-corrected chi connectivity index (χ4v) is 4.18. The summed E-state index contributed by atoms with van der Waals surface area (Å²) < 4.78 is 20.5. The molecular weight excluding hydrogens is 353 g/mol. The Hall–Kier alpha value is -1.17. The van der Waals surface area contributed by atoms with Gasteiger partial charge in [0.25, 0.3) is 0 Å². The van der Waals surface area contributed by atoms with Gasteiger partial charge in [-0.1, -0.05) is 6.92 Å². The maximum absolute atomic E-state index is 13.4. The molecule has 0 saturated heterocycles. The molecule has 5 heteroatoms. The van der Waals surface area contributed by atoms with Crippen molar-refractivity contribution in [3.05, 3.63) is 56.1 Å². The fraction of sp³-hybridized carbons (Fsp3) is 0.250. The molecule has 1 N–H and O–H groups in total. The topological polar surface area (TPSA) is 25.2 Å². The van der Waals surface area contributed by atoms with E-state index in [-0.39, 0.29) is 11.9 Å². The molecule has 3 aromatic rings. The monoisotopic (exact) mass is 367 g/mol. The molecule has 0 aliphatic carbocycles. The number of nitrogens with one attached hydrogen (secondary N) is 1. The van der Waals surface area contributed by atoms with Crippen molar-refractivity contribution < 1.29 is 8.81 Å². The van der Waals surface area contributed by atoms with Gasteiger partial charge >= 0.3 is 0 Å². The van der Waals surface area contributed by atoms with Crippen LogP contribution in [0.4, 0.5) is 4.39 Å². The molecule has 0 bridgehead atoms. The summed E-state index contributed by atoms with van der Waals surface area (Å²) in [5.74, 6) is 0.607. The lowest BCUT2D eigenvalue weighted by Gasteiger charge is -2.15. The first-order valence-corrected chi connectivity index (χ1v) is 8.44. The second-order valence-electron chi connectivity index (χ2n) is 4.86. The smallest absolute Gasteiger partial charge is 0.134 e. The summed E-state index contributed by atoms with van der Waals surface area (Å²) in [5, 5.41) is 6.33. The molecule has 21 heavy (non-hydrogen) atoms. The van der Waals surface area contributed by atoms with Gasteiger partial charge in [0.05, 0.1) is 0 Å². The highest BCUT2D eigenvalue weighted by atomic mass is 79.9. The molecular formula is C16H15BrFNOS. The van der Waals surface area contributed by atoms with E-state index in [1.807, 2.05) is 18.4 Å². The van der Waals surface area contributed by atoms with E-state index in [4.69, 9.17) is 4.42 Å². The molecule has 0 saturated carbocycles. The zero-order chi connectivity index (χ0) is 15.0. The summed E-state index contributed by atoms with van der Waals surface area (Å²) >= 11 is 5.25. The Morgan fingerprint density at radius 3 is 2.86 bits per heavy atom. The summed E-state index contributed by atoms with van der Waals surface area (Å²) in [6, 6.07) is 6.65. The Morgan fingerprint density at radius 2 is 2.19 bits per heavy atom. The van der Waals surface area contributed by atoms with Gasteiger partial charge < -0.3 is 9.73 Å². The minimum Gasteiger partial charge on any atom is -0.459 e.